The van der Waals surface area contributed by atoms with Crippen LogP contribution in [0.25, 0.3) is 0 Å². The lowest BCUT2D eigenvalue weighted by Gasteiger charge is -2.20. The summed E-state index contributed by atoms with van der Waals surface area (Å²) in [5.41, 5.74) is 1.26. The van der Waals surface area contributed by atoms with Crippen LogP contribution in [0.15, 0.2) is 28.7 Å². The first kappa shape index (κ1) is 15.0. The van der Waals surface area contributed by atoms with E-state index in [1.807, 2.05) is 0 Å². The summed E-state index contributed by atoms with van der Waals surface area (Å²) in [6, 6.07) is 9.21. The Balaban J connectivity index is 1.89. The number of halogens is 1. The van der Waals surface area contributed by atoms with E-state index in [0.29, 0.717) is 5.92 Å². The number of rotatable bonds is 8. The molecule has 1 N–H and O–H groups in total. The number of hydrogen-bond donors (Lipinski definition) is 1. The van der Waals surface area contributed by atoms with Gasteiger partial charge in [0.05, 0.1) is 6.10 Å². The SMILES string of the molecule is CC(C)CCOC(CNC1CC1)c1ccc(Br)cc1. The molecule has 1 aromatic rings. The second-order valence-corrected chi connectivity index (χ2v) is 6.69. The van der Waals surface area contributed by atoms with Gasteiger partial charge < -0.3 is 10.1 Å². The Kier molecular flexibility index (Phi) is 5.86. The maximum absolute atomic E-state index is 6.08. The smallest absolute Gasteiger partial charge is 0.0949 e. The molecule has 1 unspecified atom stereocenters. The highest BCUT2D eigenvalue weighted by Crippen LogP contribution is 2.23. The quantitative estimate of drug-likeness (QED) is 0.769. The lowest BCUT2D eigenvalue weighted by Crippen LogP contribution is -2.25. The highest BCUT2D eigenvalue weighted by molar-refractivity contribution is 9.10. The molecule has 0 aliphatic heterocycles. The number of nitrogens with one attached hydrogen (secondary N) is 1. The molecule has 2 rings (SSSR count). The average Bonchev–Trinajstić information content (AvgIpc) is 3.18. The van der Waals surface area contributed by atoms with Crippen molar-refractivity contribution in [3.63, 3.8) is 0 Å². The van der Waals surface area contributed by atoms with Crippen molar-refractivity contribution in [3.05, 3.63) is 34.3 Å². The Bertz CT molecular complexity index is 373. The van der Waals surface area contributed by atoms with Gasteiger partial charge in [-0.15, -0.1) is 0 Å². The predicted octanol–water partition coefficient (Wildman–Crippen LogP) is 4.30. The molecule has 0 bridgehead atoms. The standard InChI is InChI=1S/C16H24BrNO/c1-12(2)9-10-19-16(11-18-15-7-8-15)13-3-5-14(17)6-4-13/h3-6,12,15-16,18H,7-11H2,1-2H3. The summed E-state index contributed by atoms with van der Waals surface area (Å²) < 4.78 is 7.20. The zero-order valence-electron chi connectivity index (χ0n) is 11.9. The minimum absolute atomic E-state index is 0.174. The number of benzene rings is 1. The summed E-state index contributed by atoms with van der Waals surface area (Å²) in [4.78, 5) is 0. The van der Waals surface area contributed by atoms with Gasteiger partial charge in [-0.05, 0) is 42.9 Å². The molecule has 1 atom stereocenters. The van der Waals surface area contributed by atoms with Crippen molar-refractivity contribution in [3.8, 4) is 0 Å². The third kappa shape index (κ3) is 5.64. The molecule has 1 aliphatic carbocycles. The van der Waals surface area contributed by atoms with E-state index in [1.165, 1.54) is 18.4 Å². The van der Waals surface area contributed by atoms with E-state index in [4.69, 9.17) is 4.74 Å². The van der Waals surface area contributed by atoms with Gasteiger partial charge in [-0.25, -0.2) is 0 Å². The van der Waals surface area contributed by atoms with Crippen LogP contribution in [-0.4, -0.2) is 19.2 Å². The topological polar surface area (TPSA) is 21.3 Å². The second-order valence-electron chi connectivity index (χ2n) is 5.78. The summed E-state index contributed by atoms with van der Waals surface area (Å²) in [6.45, 7) is 6.23. The molecule has 0 amide bonds. The molecule has 0 radical (unpaired) electrons. The molecule has 0 heterocycles. The summed E-state index contributed by atoms with van der Waals surface area (Å²) in [5, 5.41) is 3.57. The molecule has 19 heavy (non-hydrogen) atoms. The molecular formula is C16H24BrNO. The van der Waals surface area contributed by atoms with Crippen LogP contribution in [0.1, 0.15) is 44.8 Å². The maximum atomic E-state index is 6.08. The molecule has 0 spiro atoms. The molecule has 1 aromatic carbocycles. The zero-order chi connectivity index (χ0) is 13.7. The van der Waals surface area contributed by atoms with Crippen molar-refractivity contribution < 1.29 is 4.74 Å². The van der Waals surface area contributed by atoms with Gasteiger partial charge in [-0.3, -0.25) is 0 Å². The van der Waals surface area contributed by atoms with E-state index in [0.717, 1.165) is 30.1 Å². The van der Waals surface area contributed by atoms with Crippen molar-refractivity contribution in [2.24, 2.45) is 5.92 Å². The Morgan fingerprint density at radius 3 is 2.53 bits per heavy atom. The molecule has 1 saturated carbocycles. The van der Waals surface area contributed by atoms with Crippen LogP contribution in [0, 0.1) is 5.92 Å². The van der Waals surface area contributed by atoms with Gasteiger partial charge in [-0.2, -0.15) is 0 Å². The van der Waals surface area contributed by atoms with Crippen LogP contribution in [0.2, 0.25) is 0 Å². The Morgan fingerprint density at radius 2 is 1.95 bits per heavy atom. The van der Waals surface area contributed by atoms with Gasteiger partial charge >= 0.3 is 0 Å². The van der Waals surface area contributed by atoms with Crippen molar-refractivity contribution in [1.82, 2.24) is 5.32 Å². The van der Waals surface area contributed by atoms with E-state index in [1.54, 1.807) is 0 Å². The van der Waals surface area contributed by atoms with Crippen molar-refractivity contribution >= 4 is 15.9 Å². The van der Waals surface area contributed by atoms with E-state index in [2.05, 4.69) is 59.4 Å². The van der Waals surface area contributed by atoms with Crippen molar-refractivity contribution in [2.75, 3.05) is 13.2 Å². The monoisotopic (exact) mass is 325 g/mol. The van der Waals surface area contributed by atoms with E-state index >= 15 is 0 Å². The third-order valence-corrected chi connectivity index (χ3v) is 3.95. The summed E-state index contributed by atoms with van der Waals surface area (Å²) in [5.74, 6) is 0.696. The van der Waals surface area contributed by atoms with Crippen molar-refractivity contribution in [1.29, 1.82) is 0 Å². The number of ether oxygens (including phenoxy) is 1. The lowest BCUT2D eigenvalue weighted by molar-refractivity contribution is 0.0455. The molecular weight excluding hydrogens is 302 g/mol. The fourth-order valence-corrected chi connectivity index (χ4v) is 2.22. The first-order chi connectivity index (χ1) is 9.15. The molecule has 2 nitrogen and oxygen atoms in total. The fraction of sp³-hybridized carbons (Fsp3) is 0.625. The van der Waals surface area contributed by atoms with Crippen LogP contribution in [0.5, 0.6) is 0 Å². The first-order valence-corrected chi connectivity index (χ1v) is 8.05. The molecule has 106 valence electrons. The summed E-state index contributed by atoms with van der Waals surface area (Å²) in [6.07, 6.45) is 3.93. The molecule has 0 saturated heterocycles. The normalized spacial score (nSPS) is 16.8. The van der Waals surface area contributed by atoms with Gasteiger partial charge in [0, 0.05) is 23.7 Å². The Morgan fingerprint density at radius 1 is 1.26 bits per heavy atom. The lowest BCUT2D eigenvalue weighted by atomic mass is 10.1. The van der Waals surface area contributed by atoms with Gasteiger partial charge in [0.1, 0.15) is 0 Å². The fourth-order valence-electron chi connectivity index (χ4n) is 1.96. The van der Waals surface area contributed by atoms with E-state index < -0.39 is 0 Å². The Hall–Kier alpha value is -0.380. The predicted molar refractivity (Wildman–Crippen MR) is 83.3 cm³/mol. The van der Waals surface area contributed by atoms with Gasteiger partial charge in [0.2, 0.25) is 0 Å². The maximum Gasteiger partial charge on any atom is 0.0949 e. The zero-order valence-corrected chi connectivity index (χ0v) is 13.4. The second kappa shape index (κ2) is 7.41. The first-order valence-electron chi connectivity index (χ1n) is 7.25. The molecule has 1 aliphatic rings. The largest absolute Gasteiger partial charge is 0.372 e. The van der Waals surface area contributed by atoms with Crippen molar-refractivity contribution in [2.45, 2.75) is 45.3 Å². The summed E-state index contributed by atoms with van der Waals surface area (Å²) in [7, 11) is 0. The van der Waals surface area contributed by atoms with Crippen LogP contribution in [0.4, 0.5) is 0 Å². The minimum Gasteiger partial charge on any atom is -0.372 e. The number of hydrogen-bond acceptors (Lipinski definition) is 2. The highest BCUT2D eigenvalue weighted by Gasteiger charge is 2.22. The summed E-state index contributed by atoms with van der Waals surface area (Å²) >= 11 is 3.48. The molecule has 1 fully saturated rings. The Labute approximate surface area is 125 Å². The molecule has 0 aromatic heterocycles. The van der Waals surface area contributed by atoms with Gasteiger partial charge in [0.15, 0.2) is 0 Å². The van der Waals surface area contributed by atoms with E-state index in [9.17, 15) is 0 Å². The van der Waals surface area contributed by atoms with Gasteiger partial charge in [-0.1, -0.05) is 41.9 Å². The molecule has 3 heteroatoms. The van der Waals surface area contributed by atoms with Crippen LogP contribution in [0.3, 0.4) is 0 Å². The minimum atomic E-state index is 0.174. The van der Waals surface area contributed by atoms with Crippen LogP contribution in [-0.2, 0) is 4.74 Å². The van der Waals surface area contributed by atoms with Crippen LogP contribution >= 0.6 is 15.9 Å². The third-order valence-electron chi connectivity index (χ3n) is 3.43. The van der Waals surface area contributed by atoms with Gasteiger partial charge in [0.25, 0.3) is 0 Å². The van der Waals surface area contributed by atoms with E-state index in [-0.39, 0.29) is 6.10 Å². The average molecular weight is 326 g/mol. The highest BCUT2D eigenvalue weighted by atomic mass is 79.9. The van der Waals surface area contributed by atoms with Crippen LogP contribution < -0.4 is 5.32 Å².